The first-order chi connectivity index (χ1) is 8.58. The van der Waals surface area contributed by atoms with E-state index >= 15 is 0 Å². The normalized spacial score (nSPS) is 23.7. The van der Waals surface area contributed by atoms with Gasteiger partial charge in [-0.05, 0) is 38.4 Å². The quantitative estimate of drug-likeness (QED) is 0.818. The lowest BCUT2D eigenvalue weighted by molar-refractivity contribution is 0.0918. The minimum absolute atomic E-state index is 0.000495. The Balaban J connectivity index is 2.00. The highest BCUT2D eigenvalue weighted by Gasteiger charge is 2.23. The number of nitrogens with one attached hydrogen (secondary N) is 2. The van der Waals surface area contributed by atoms with E-state index in [1.807, 2.05) is 0 Å². The number of carbonyl (C=O) groups excluding carboxylic acids is 2. The van der Waals surface area contributed by atoms with Gasteiger partial charge in [0.1, 0.15) is 0 Å². The van der Waals surface area contributed by atoms with E-state index in [-0.39, 0.29) is 17.7 Å². The average Bonchev–Trinajstić information content (AvgIpc) is 2.81. The monoisotopic (exact) mass is 266 g/mol. The predicted molar refractivity (Wildman–Crippen MR) is 72.2 cm³/mol. The van der Waals surface area contributed by atoms with Gasteiger partial charge in [0.15, 0.2) is 5.78 Å². The fraction of sp³-hybridized carbons (Fsp3) is 0.538. The van der Waals surface area contributed by atoms with Gasteiger partial charge in [-0.2, -0.15) is 0 Å². The van der Waals surface area contributed by atoms with Crippen molar-refractivity contribution in [3.05, 3.63) is 21.9 Å². The molecular weight excluding hydrogens is 248 g/mol. The smallest absolute Gasteiger partial charge is 0.261 e. The summed E-state index contributed by atoms with van der Waals surface area (Å²) in [5.74, 6) is 0.377. The van der Waals surface area contributed by atoms with Crippen molar-refractivity contribution in [3.63, 3.8) is 0 Å². The van der Waals surface area contributed by atoms with Crippen LogP contribution in [-0.4, -0.2) is 30.8 Å². The number of carbonyl (C=O) groups is 2. The Morgan fingerprint density at radius 1 is 1.50 bits per heavy atom. The number of Topliss-reactive ketones (excluding diaryl/α,β-unsaturated/α-hetero) is 1. The van der Waals surface area contributed by atoms with Gasteiger partial charge in [0.05, 0.1) is 4.88 Å². The molecule has 0 aliphatic carbocycles. The lowest BCUT2D eigenvalue weighted by Crippen LogP contribution is -2.48. The maximum absolute atomic E-state index is 12.1. The molecule has 1 aromatic heterocycles. The minimum Gasteiger partial charge on any atom is -0.348 e. The van der Waals surface area contributed by atoms with Gasteiger partial charge in [0.25, 0.3) is 5.91 Å². The Morgan fingerprint density at radius 3 is 2.89 bits per heavy atom. The molecular formula is C13H18N2O2S. The topological polar surface area (TPSA) is 58.2 Å². The molecule has 2 rings (SSSR count). The third kappa shape index (κ3) is 2.97. The molecule has 1 saturated heterocycles. The third-order valence-corrected chi connectivity index (χ3v) is 4.26. The molecule has 2 heterocycles. The van der Waals surface area contributed by atoms with Crippen LogP contribution in [0.3, 0.4) is 0 Å². The summed E-state index contributed by atoms with van der Waals surface area (Å²) in [6.45, 7) is 5.53. The molecule has 1 aromatic rings. The maximum Gasteiger partial charge on any atom is 0.261 e. The number of hydrogen-bond acceptors (Lipinski definition) is 4. The van der Waals surface area contributed by atoms with Crippen LogP contribution in [0.25, 0.3) is 0 Å². The molecule has 0 aromatic carbocycles. The van der Waals surface area contributed by atoms with Crippen LogP contribution in [0.4, 0.5) is 0 Å². The molecule has 5 heteroatoms. The summed E-state index contributed by atoms with van der Waals surface area (Å²) in [6.07, 6.45) is 0.956. The fourth-order valence-corrected chi connectivity index (χ4v) is 2.96. The maximum atomic E-state index is 12.1. The molecule has 1 aliphatic rings. The Morgan fingerprint density at radius 2 is 2.28 bits per heavy atom. The molecule has 4 nitrogen and oxygen atoms in total. The van der Waals surface area contributed by atoms with E-state index in [9.17, 15) is 9.59 Å². The van der Waals surface area contributed by atoms with Crippen molar-refractivity contribution < 1.29 is 9.59 Å². The highest BCUT2D eigenvalue weighted by Crippen LogP contribution is 2.17. The second kappa shape index (κ2) is 5.63. The standard InChI is InChI=1S/C13H18N2O2S/c1-8-6-14-4-3-11(8)15-13(17)12-5-10(7-18-12)9(2)16/h5,7-8,11,14H,3-4,6H2,1-2H3,(H,15,17). The molecule has 1 fully saturated rings. The molecule has 0 spiro atoms. The first-order valence-electron chi connectivity index (χ1n) is 6.19. The lowest BCUT2D eigenvalue weighted by Gasteiger charge is -2.30. The van der Waals surface area contributed by atoms with Gasteiger partial charge in [-0.1, -0.05) is 6.92 Å². The second-order valence-corrected chi connectivity index (χ2v) is 5.72. The number of rotatable bonds is 3. The summed E-state index contributed by atoms with van der Waals surface area (Å²) < 4.78 is 0. The van der Waals surface area contributed by atoms with E-state index in [0.29, 0.717) is 16.4 Å². The molecule has 2 atom stereocenters. The van der Waals surface area contributed by atoms with E-state index in [1.54, 1.807) is 11.4 Å². The van der Waals surface area contributed by atoms with Crippen molar-refractivity contribution in [2.24, 2.45) is 5.92 Å². The molecule has 0 saturated carbocycles. The van der Waals surface area contributed by atoms with Crippen LogP contribution in [0.15, 0.2) is 11.4 Å². The number of ketones is 1. The zero-order valence-corrected chi connectivity index (χ0v) is 11.5. The summed E-state index contributed by atoms with van der Waals surface area (Å²) >= 11 is 1.33. The Bertz CT molecular complexity index is 456. The van der Waals surface area contributed by atoms with Gasteiger partial charge in [-0.25, -0.2) is 0 Å². The summed E-state index contributed by atoms with van der Waals surface area (Å²) in [4.78, 5) is 23.9. The van der Waals surface area contributed by atoms with Crippen molar-refractivity contribution in [2.45, 2.75) is 26.3 Å². The summed E-state index contributed by atoms with van der Waals surface area (Å²) in [6, 6.07) is 1.90. The van der Waals surface area contributed by atoms with Crippen LogP contribution in [0, 0.1) is 5.92 Å². The SMILES string of the molecule is CC(=O)c1csc(C(=O)NC2CCNCC2C)c1. The summed E-state index contributed by atoms with van der Waals surface area (Å²) in [7, 11) is 0. The van der Waals surface area contributed by atoms with E-state index in [1.165, 1.54) is 18.3 Å². The lowest BCUT2D eigenvalue weighted by atomic mass is 9.95. The minimum atomic E-state index is -0.0637. The zero-order valence-electron chi connectivity index (χ0n) is 10.7. The molecule has 2 unspecified atom stereocenters. The number of amides is 1. The zero-order chi connectivity index (χ0) is 13.1. The van der Waals surface area contributed by atoms with E-state index in [2.05, 4.69) is 17.6 Å². The molecule has 0 radical (unpaired) electrons. The highest BCUT2D eigenvalue weighted by atomic mass is 32.1. The summed E-state index contributed by atoms with van der Waals surface area (Å²) in [5, 5.41) is 8.10. The second-order valence-electron chi connectivity index (χ2n) is 4.81. The molecule has 1 aliphatic heterocycles. The molecule has 98 valence electrons. The Labute approximate surface area is 111 Å². The van der Waals surface area contributed by atoms with Crippen LogP contribution in [0.1, 0.15) is 40.3 Å². The molecule has 2 N–H and O–H groups in total. The van der Waals surface area contributed by atoms with Crippen molar-refractivity contribution in [1.29, 1.82) is 0 Å². The number of piperidine rings is 1. The molecule has 0 bridgehead atoms. The number of hydrogen-bond donors (Lipinski definition) is 2. The van der Waals surface area contributed by atoms with Gasteiger partial charge >= 0.3 is 0 Å². The van der Waals surface area contributed by atoms with Crippen LogP contribution in [0.2, 0.25) is 0 Å². The van der Waals surface area contributed by atoms with Crippen LogP contribution in [0.5, 0.6) is 0 Å². The van der Waals surface area contributed by atoms with Crippen LogP contribution in [-0.2, 0) is 0 Å². The predicted octanol–water partition coefficient (Wildman–Crippen LogP) is 1.68. The van der Waals surface area contributed by atoms with E-state index in [4.69, 9.17) is 0 Å². The van der Waals surface area contributed by atoms with Crippen molar-refractivity contribution in [1.82, 2.24) is 10.6 Å². The van der Waals surface area contributed by atoms with Gasteiger partial charge in [-0.3, -0.25) is 9.59 Å². The Hall–Kier alpha value is -1.20. The highest BCUT2D eigenvalue weighted by molar-refractivity contribution is 7.12. The first-order valence-corrected chi connectivity index (χ1v) is 7.07. The largest absolute Gasteiger partial charge is 0.348 e. The average molecular weight is 266 g/mol. The fourth-order valence-electron chi connectivity index (χ4n) is 2.11. The van der Waals surface area contributed by atoms with Gasteiger partial charge in [0.2, 0.25) is 0 Å². The van der Waals surface area contributed by atoms with E-state index in [0.717, 1.165) is 19.5 Å². The molecule has 18 heavy (non-hydrogen) atoms. The van der Waals surface area contributed by atoms with E-state index < -0.39 is 0 Å². The van der Waals surface area contributed by atoms with Crippen molar-refractivity contribution >= 4 is 23.0 Å². The molecule has 1 amide bonds. The van der Waals surface area contributed by atoms with Crippen molar-refractivity contribution in [3.8, 4) is 0 Å². The first kappa shape index (κ1) is 13.2. The van der Waals surface area contributed by atoms with Crippen LogP contribution >= 0.6 is 11.3 Å². The van der Waals surface area contributed by atoms with Gasteiger partial charge in [-0.15, -0.1) is 11.3 Å². The van der Waals surface area contributed by atoms with Crippen LogP contribution < -0.4 is 10.6 Å². The number of thiophene rings is 1. The summed E-state index contributed by atoms with van der Waals surface area (Å²) in [5.41, 5.74) is 0.614. The van der Waals surface area contributed by atoms with Gasteiger partial charge < -0.3 is 10.6 Å². The van der Waals surface area contributed by atoms with Crippen molar-refractivity contribution in [2.75, 3.05) is 13.1 Å². The third-order valence-electron chi connectivity index (χ3n) is 3.33. The van der Waals surface area contributed by atoms with Gasteiger partial charge in [0, 0.05) is 17.0 Å². The Kier molecular flexibility index (Phi) is 4.14.